The highest BCUT2D eigenvalue weighted by molar-refractivity contribution is 6.12. The molecule has 158 valence electrons. The minimum absolute atomic E-state index is 0.212. The number of para-hydroxylation sites is 1. The molecule has 2 aliphatic heterocycles. The van der Waals surface area contributed by atoms with Gasteiger partial charge in [0, 0.05) is 11.6 Å². The zero-order valence-electron chi connectivity index (χ0n) is 17.6. The van der Waals surface area contributed by atoms with Gasteiger partial charge in [-0.15, -0.1) is 0 Å². The highest BCUT2D eigenvalue weighted by Gasteiger charge is 2.29. The predicted molar refractivity (Wildman–Crippen MR) is 120 cm³/mol. The van der Waals surface area contributed by atoms with E-state index < -0.39 is 5.97 Å². The summed E-state index contributed by atoms with van der Waals surface area (Å²) in [5.74, 6) is 1.02. The minimum atomic E-state index is -0.458. The molecule has 0 saturated carbocycles. The zero-order valence-corrected chi connectivity index (χ0v) is 17.6. The average Bonchev–Trinajstić information content (AvgIpc) is 3.09. The molecular weight excluding hydrogens is 404 g/mol. The number of ether oxygens (including phenoxy) is 3. The number of hydrogen-bond donors (Lipinski definition) is 0. The summed E-state index contributed by atoms with van der Waals surface area (Å²) < 4.78 is 17.3. The maximum absolute atomic E-state index is 12.9. The third kappa shape index (κ3) is 3.58. The highest BCUT2D eigenvalue weighted by atomic mass is 16.5. The van der Waals surface area contributed by atoms with Gasteiger partial charge in [-0.05, 0) is 61.4 Å². The van der Waals surface area contributed by atoms with Crippen molar-refractivity contribution < 1.29 is 23.8 Å². The van der Waals surface area contributed by atoms with Crippen LogP contribution in [0.5, 0.6) is 17.2 Å². The summed E-state index contributed by atoms with van der Waals surface area (Å²) >= 11 is 0. The number of esters is 1. The normalized spacial score (nSPS) is 17.7. The fourth-order valence-corrected chi connectivity index (χ4v) is 3.77. The lowest BCUT2D eigenvalue weighted by atomic mass is 10.0. The van der Waals surface area contributed by atoms with Crippen molar-refractivity contribution in [3.05, 3.63) is 106 Å². The molecule has 3 aromatic rings. The predicted octanol–water partition coefficient (Wildman–Crippen LogP) is 5.54. The van der Waals surface area contributed by atoms with Crippen LogP contribution < -0.4 is 14.2 Å². The lowest BCUT2D eigenvalue weighted by Gasteiger charge is -2.22. The Balaban J connectivity index is 1.39. The van der Waals surface area contributed by atoms with E-state index in [0.717, 1.165) is 22.4 Å². The molecule has 3 aromatic carbocycles. The second kappa shape index (κ2) is 7.85. The van der Waals surface area contributed by atoms with Gasteiger partial charge in [-0.1, -0.05) is 36.4 Å². The molecule has 0 unspecified atom stereocenters. The molecule has 2 aliphatic rings. The van der Waals surface area contributed by atoms with Crippen molar-refractivity contribution in [3.8, 4) is 17.2 Å². The van der Waals surface area contributed by atoms with Crippen LogP contribution in [-0.2, 0) is 0 Å². The molecule has 2 heterocycles. The van der Waals surface area contributed by atoms with Gasteiger partial charge in [0.05, 0.1) is 11.1 Å². The first kappa shape index (κ1) is 19.8. The third-order valence-electron chi connectivity index (χ3n) is 5.53. The molecule has 0 bridgehead atoms. The summed E-state index contributed by atoms with van der Waals surface area (Å²) in [5.41, 5.74) is 3.53. The maximum Gasteiger partial charge on any atom is 0.343 e. The number of benzene rings is 3. The van der Waals surface area contributed by atoms with Crippen molar-refractivity contribution >= 4 is 17.8 Å². The second-order valence-electron chi connectivity index (χ2n) is 7.74. The molecule has 0 spiro atoms. The molecule has 5 rings (SSSR count). The molecular formula is C27H20O5. The van der Waals surface area contributed by atoms with Crippen LogP contribution in [0.2, 0.25) is 0 Å². The quantitative estimate of drug-likeness (QED) is 0.314. The van der Waals surface area contributed by atoms with Crippen molar-refractivity contribution in [1.82, 2.24) is 0 Å². The van der Waals surface area contributed by atoms with Crippen LogP contribution in [-0.4, -0.2) is 17.9 Å². The Morgan fingerprint density at radius 1 is 1.00 bits per heavy atom. The second-order valence-corrected chi connectivity index (χ2v) is 7.74. The van der Waals surface area contributed by atoms with Crippen LogP contribution in [0.15, 0.2) is 84.1 Å². The minimum Gasteiger partial charge on any atom is -0.485 e. The molecule has 0 radical (unpaired) electrons. The van der Waals surface area contributed by atoms with Crippen molar-refractivity contribution in [2.24, 2.45) is 0 Å². The Morgan fingerprint density at radius 3 is 2.62 bits per heavy atom. The van der Waals surface area contributed by atoms with Gasteiger partial charge in [-0.2, -0.15) is 0 Å². The Kier molecular flexibility index (Phi) is 4.86. The van der Waals surface area contributed by atoms with Crippen LogP contribution in [0.3, 0.4) is 0 Å². The standard InChI is InChI=1S/C27H20O5/c1-16-7-3-5-9-21(16)27(29)31-20-11-12-22-24(15-20)32-25(26(22)28)14-19-13-18-8-4-6-10-23(18)30-17(19)2/h3-15,17H,1-2H3/t17-/m1/s1. The summed E-state index contributed by atoms with van der Waals surface area (Å²) in [6.07, 6.45) is 3.48. The monoisotopic (exact) mass is 424 g/mol. The average molecular weight is 424 g/mol. The van der Waals surface area contributed by atoms with Crippen LogP contribution in [0, 0.1) is 6.92 Å². The number of allylic oxidation sites excluding steroid dienone is 1. The lowest BCUT2D eigenvalue weighted by Crippen LogP contribution is -2.18. The number of carbonyl (C=O) groups excluding carboxylic acids is 2. The van der Waals surface area contributed by atoms with Gasteiger partial charge in [0.2, 0.25) is 5.78 Å². The first-order valence-corrected chi connectivity index (χ1v) is 10.3. The SMILES string of the molecule is Cc1ccccc1C(=O)Oc1ccc2c(c1)OC(=CC1=Cc3ccccc3O[C@@H]1C)C2=O. The number of Topliss-reactive ketones (excluding diaryl/α,β-unsaturated/α-hetero) is 1. The van der Waals surface area contributed by atoms with Gasteiger partial charge in [0.25, 0.3) is 0 Å². The topological polar surface area (TPSA) is 61.8 Å². The fourth-order valence-electron chi connectivity index (χ4n) is 3.77. The van der Waals surface area contributed by atoms with Crippen molar-refractivity contribution in [2.45, 2.75) is 20.0 Å². The number of ketones is 1. The van der Waals surface area contributed by atoms with Gasteiger partial charge in [0.15, 0.2) is 5.76 Å². The summed E-state index contributed by atoms with van der Waals surface area (Å²) in [6, 6.07) is 19.7. The molecule has 0 aliphatic carbocycles. The third-order valence-corrected chi connectivity index (χ3v) is 5.53. The van der Waals surface area contributed by atoms with E-state index in [0.29, 0.717) is 22.6 Å². The number of hydrogen-bond acceptors (Lipinski definition) is 5. The van der Waals surface area contributed by atoms with E-state index in [-0.39, 0.29) is 17.6 Å². The van der Waals surface area contributed by atoms with Gasteiger partial charge >= 0.3 is 5.97 Å². The fraction of sp³-hybridized carbons (Fsp3) is 0.111. The maximum atomic E-state index is 12.9. The van der Waals surface area contributed by atoms with E-state index in [1.54, 1.807) is 36.4 Å². The van der Waals surface area contributed by atoms with Gasteiger partial charge < -0.3 is 14.2 Å². The molecule has 0 amide bonds. The zero-order chi connectivity index (χ0) is 22.2. The smallest absolute Gasteiger partial charge is 0.343 e. The Morgan fingerprint density at radius 2 is 1.78 bits per heavy atom. The number of fused-ring (bicyclic) bond motifs is 2. The number of carbonyl (C=O) groups is 2. The van der Waals surface area contributed by atoms with E-state index in [2.05, 4.69) is 0 Å². The van der Waals surface area contributed by atoms with Gasteiger partial charge in [0.1, 0.15) is 23.4 Å². The largest absolute Gasteiger partial charge is 0.485 e. The molecule has 0 N–H and O–H groups in total. The van der Waals surface area contributed by atoms with E-state index >= 15 is 0 Å². The summed E-state index contributed by atoms with van der Waals surface area (Å²) in [7, 11) is 0. The van der Waals surface area contributed by atoms with Gasteiger partial charge in [-0.25, -0.2) is 4.79 Å². The summed E-state index contributed by atoms with van der Waals surface area (Å²) in [4.78, 5) is 25.4. The van der Waals surface area contributed by atoms with Crippen molar-refractivity contribution in [1.29, 1.82) is 0 Å². The Labute approximate surface area is 185 Å². The number of rotatable bonds is 3. The Bertz CT molecular complexity index is 1320. The van der Waals surface area contributed by atoms with Crippen LogP contribution >= 0.6 is 0 Å². The lowest BCUT2D eigenvalue weighted by molar-refractivity contribution is 0.0733. The molecule has 0 aromatic heterocycles. The molecule has 5 heteroatoms. The van der Waals surface area contributed by atoms with E-state index in [1.807, 2.05) is 56.3 Å². The molecule has 0 fully saturated rings. The highest BCUT2D eigenvalue weighted by Crippen LogP contribution is 2.36. The van der Waals surface area contributed by atoms with E-state index in [1.165, 1.54) is 0 Å². The van der Waals surface area contributed by atoms with E-state index in [9.17, 15) is 9.59 Å². The van der Waals surface area contributed by atoms with Crippen molar-refractivity contribution in [2.75, 3.05) is 0 Å². The first-order valence-electron chi connectivity index (χ1n) is 10.3. The first-order chi connectivity index (χ1) is 15.5. The Hall–Kier alpha value is -4.12. The molecule has 5 nitrogen and oxygen atoms in total. The van der Waals surface area contributed by atoms with E-state index in [4.69, 9.17) is 14.2 Å². The number of aryl methyl sites for hydroxylation is 1. The van der Waals surface area contributed by atoms with Crippen LogP contribution in [0.1, 0.15) is 38.8 Å². The molecule has 32 heavy (non-hydrogen) atoms. The molecule has 0 saturated heterocycles. The summed E-state index contributed by atoms with van der Waals surface area (Å²) in [5, 5.41) is 0. The van der Waals surface area contributed by atoms with Gasteiger partial charge in [-0.3, -0.25) is 4.79 Å². The van der Waals surface area contributed by atoms with Crippen LogP contribution in [0.4, 0.5) is 0 Å². The van der Waals surface area contributed by atoms with Crippen LogP contribution in [0.25, 0.3) is 6.08 Å². The summed E-state index contributed by atoms with van der Waals surface area (Å²) in [6.45, 7) is 3.77. The van der Waals surface area contributed by atoms with Crippen molar-refractivity contribution in [3.63, 3.8) is 0 Å². The molecule has 1 atom stereocenters.